The zero-order valence-corrected chi connectivity index (χ0v) is 30.5. The second-order valence-electron chi connectivity index (χ2n) is 13.4. The fourth-order valence-corrected chi connectivity index (χ4v) is 8.90. The predicted molar refractivity (Wildman–Crippen MR) is 213 cm³/mol. The lowest BCUT2D eigenvalue weighted by Crippen LogP contribution is -2.53. The first-order chi connectivity index (χ1) is 26.0. The van der Waals surface area contributed by atoms with Crippen molar-refractivity contribution in [1.82, 2.24) is 14.9 Å². The molecular weight excluding hydrogens is 683 g/mol. The molecule has 0 atom stereocenters. The van der Waals surface area contributed by atoms with Crippen molar-refractivity contribution in [1.29, 1.82) is 0 Å². The summed E-state index contributed by atoms with van der Waals surface area (Å²) < 4.78 is 33.2. The number of benzene rings is 5. The standard InChI is InChI=1S/C42H43N7O3S/c1-52-39-30-33(47-24-22-32(23-25-47)49-28-26-48(27-29-49)31-12-4-2-5-13-31)20-21-37(39)45-42-44-36-17-9-8-16-35(36)41(46-42)43-38-18-10-11-19-40(38)53(50,51)34-14-6-3-7-15-34/h2-21,30,32H,22-29H2,1H3,(H2,43,44,45,46). The molecule has 5 aromatic carbocycles. The van der Waals surface area contributed by atoms with Gasteiger partial charge >= 0.3 is 0 Å². The minimum Gasteiger partial charge on any atom is -0.494 e. The Morgan fingerprint density at radius 1 is 0.642 bits per heavy atom. The Morgan fingerprint density at radius 2 is 1.30 bits per heavy atom. The van der Waals surface area contributed by atoms with Gasteiger partial charge in [0, 0.05) is 68.1 Å². The first-order valence-electron chi connectivity index (χ1n) is 18.1. The molecule has 0 aliphatic carbocycles. The number of nitrogens with zero attached hydrogens (tertiary/aromatic N) is 5. The molecule has 2 saturated heterocycles. The highest BCUT2D eigenvalue weighted by atomic mass is 32.2. The molecule has 2 N–H and O–H groups in total. The van der Waals surface area contributed by atoms with Crippen LogP contribution in [0, 0.1) is 0 Å². The van der Waals surface area contributed by atoms with Crippen molar-refractivity contribution in [2.24, 2.45) is 0 Å². The molecule has 10 nitrogen and oxygen atoms in total. The van der Waals surface area contributed by atoms with Crippen LogP contribution in [0.1, 0.15) is 12.8 Å². The van der Waals surface area contributed by atoms with E-state index in [0.29, 0.717) is 34.8 Å². The van der Waals surface area contributed by atoms with Gasteiger partial charge in [-0.1, -0.05) is 60.7 Å². The summed E-state index contributed by atoms with van der Waals surface area (Å²) >= 11 is 0. The van der Waals surface area contributed by atoms with Crippen molar-refractivity contribution in [2.45, 2.75) is 28.7 Å². The lowest BCUT2D eigenvalue weighted by Gasteiger charge is -2.43. The highest BCUT2D eigenvalue weighted by Crippen LogP contribution is 2.36. The summed E-state index contributed by atoms with van der Waals surface area (Å²) in [4.78, 5) is 17.6. The van der Waals surface area contributed by atoms with E-state index in [0.717, 1.165) is 68.9 Å². The monoisotopic (exact) mass is 725 g/mol. The molecule has 8 rings (SSSR count). The normalized spacial score (nSPS) is 15.7. The van der Waals surface area contributed by atoms with E-state index in [4.69, 9.17) is 14.7 Å². The zero-order chi connectivity index (χ0) is 36.2. The van der Waals surface area contributed by atoms with Crippen LogP contribution in [0.15, 0.2) is 137 Å². The van der Waals surface area contributed by atoms with Crippen LogP contribution in [-0.2, 0) is 9.84 Å². The Kier molecular flexibility index (Phi) is 9.84. The third-order valence-electron chi connectivity index (χ3n) is 10.3. The van der Waals surface area contributed by atoms with E-state index in [9.17, 15) is 8.42 Å². The van der Waals surface area contributed by atoms with Gasteiger partial charge in [0.05, 0.1) is 33.8 Å². The number of piperidine rings is 1. The highest BCUT2D eigenvalue weighted by Gasteiger charge is 2.28. The molecule has 3 heterocycles. The molecular formula is C42H43N7O3S. The zero-order valence-electron chi connectivity index (χ0n) is 29.7. The topological polar surface area (TPSA) is 103 Å². The summed E-state index contributed by atoms with van der Waals surface area (Å²) in [7, 11) is -2.12. The first kappa shape index (κ1) is 34.4. The third kappa shape index (κ3) is 7.35. The Hall–Kier alpha value is -5.65. The molecule has 53 heavy (non-hydrogen) atoms. The number of nitrogens with one attached hydrogen (secondary N) is 2. The van der Waals surface area contributed by atoms with Crippen LogP contribution >= 0.6 is 0 Å². The predicted octanol–water partition coefficient (Wildman–Crippen LogP) is 7.75. The fourth-order valence-electron chi connectivity index (χ4n) is 7.46. The highest BCUT2D eigenvalue weighted by molar-refractivity contribution is 7.91. The summed E-state index contributed by atoms with van der Waals surface area (Å²) in [6.07, 6.45) is 2.26. The Balaban J connectivity index is 0.974. The molecule has 6 aromatic rings. The van der Waals surface area contributed by atoms with Crippen LogP contribution < -0.4 is 25.2 Å². The van der Waals surface area contributed by atoms with Gasteiger partial charge in [-0.15, -0.1) is 0 Å². The molecule has 2 fully saturated rings. The Bertz CT molecular complexity index is 2290. The van der Waals surface area contributed by atoms with Crippen molar-refractivity contribution in [3.63, 3.8) is 0 Å². The van der Waals surface area contributed by atoms with Gasteiger partial charge in [-0.05, 0) is 73.5 Å². The number of aromatic nitrogens is 2. The molecule has 11 heteroatoms. The number of para-hydroxylation sites is 3. The van der Waals surface area contributed by atoms with E-state index in [1.54, 1.807) is 61.7 Å². The quantitative estimate of drug-likeness (QED) is 0.146. The number of fused-ring (bicyclic) bond motifs is 1. The van der Waals surface area contributed by atoms with E-state index in [-0.39, 0.29) is 9.79 Å². The number of piperazine rings is 1. The summed E-state index contributed by atoms with van der Waals surface area (Å²) in [6, 6.07) is 40.5. The molecule has 2 aliphatic rings. The van der Waals surface area contributed by atoms with E-state index >= 15 is 0 Å². The second-order valence-corrected chi connectivity index (χ2v) is 15.4. The van der Waals surface area contributed by atoms with Crippen molar-refractivity contribution in [3.05, 3.63) is 127 Å². The molecule has 0 spiro atoms. The van der Waals surface area contributed by atoms with Gasteiger partial charge in [0.2, 0.25) is 15.8 Å². The van der Waals surface area contributed by atoms with E-state index in [1.165, 1.54) is 5.69 Å². The number of rotatable bonds is 10. The van der Waals surface area contributed by atoms with Crippen molar-refractivity contribution in [2.75, 3.05) is 66.8 Å². The van der Waals surface area contributed by atoms with E-state index < -0.39 is 9.84 Å². The Morgan fingerprint density at radius 3 is 2.06 bits per heavy atom. The number of anilines is 6. The van der Waals surface area contributed by atoms with Crippen LogP contribution in [0.4, 0.5) is 34.5 Å². The molecule has 0 saturated carbocycles. The van der Waals surface area contributed by atoms with Crippen LogP contribution in [0.5, 0.6) is 5.75 Å². The second kappa shape index (κ2) is 15.1. The molecule has 2 aliphatic heterocycles. The maximum absolute atomic E-state index is 13.7. The molecule has 0 unspecified atom stereocenters. The molecule has 0 bridgehead atoms. The van der Waals surface area contributed by atoms with Crippen LogP contribution in [0.2, 0.25) is 0 Å². The van der Waals surface area contributed by atoms with Gasteiger partial charge in [0.25, 0.3) is 0 Å². The fraction of sp³-hybridized carbons (Fsp3) is 0.238. The smallest absolute Gasteiger partial charge is 0.229 e. The maximum atomic E-state index is 13.7. The van der Waals surface area contributed by atoms with E-state index in [2.05, 4.69) is 67.8 Å². The van der Waals surface area contributed by atoms with Crippen molar-refractivity contribution in [3.8, 4) is 5.75 Å². The van der Waals surface area contributed by atoms with Gasteiger partial charge in [0.1, 0.15) is 11.6 Å². The minimum absolute atomic E-state index is 0.162. The molecule has 0 amide bonds. The van der Waals surface area contributed by atoms with Gasteiger partial charge in [0.15, 0.2) is 0 Å². The molecule has 0 radical (unpaired) electrons. The number of sulfone groups is 1. The molecule has 270 valence electrons. The summed E-state index contributed by atoms with van der Waals surface area (Å²) in [5, 5.41) is 7.45. The third-order valence-corrected chi connectivity index (χ3v) is 12.1. The van der Waals surface area contributed by atoms with Gasteiger partial charge in [-0.25, -0.2) is 13.4 Å². The number of hydrogen-bond donors (Lipinski definition) is 2. The SMILES string of the molecule is COc1cc(N2CCC(N3CCN(c4ccccc4)CC3)CC2)ccc1Nc1nc(Nc2ccccc2S(=O)(=O)c2ccccc2)c2ccccc2n1. The average molecular weight is 726 g/mol. The summed E-state index contributed by atoms with van der Waals surface area (Å²) in [6.45, 7) is 6.31. The molecule has 1 aromatic heterocycles. The van der Waals surface area contributed by atoms with Gasteiger partial charge in [-0.3, -0.25) is 4.90 Å². The lowest BCUT2D eigenvalue weighted by atomic mass is 10.0. The van der Waals surface area contributed by atoms with E-state index in [1.807, 2.05) is 30.3 Å². The maximum Gasteiger partial charge on any atom is 0.229 e. The summed E-state index contributed by atoms with van der Waals surface area (Å²) in [5.41, 5.74) is 4.30. The number of methoxy groups -OCH3 is 1. The average Bonchev–Trinajstić information content (AvgIpc) is 3.22. The van der Waals surface area contributed by atoms with Crippen LogP contribution in [0.25, 0.3) is 10.9 Å². The van der Waals surface area contributed by atoms with Crippen LogP contribution in [-0.4, -0.2) is 75.7 Å². The Labute approximate surface area is 311 Å². The summed E-state index contributed by atoms with van der Waals surface area (Å²) in [5.74, 6) is 1.52. The lowest BCUT2D eigenvalue weighted by molar-refractivity contribution is 0.160. The van der Waals surface area contributed by atoms with Gasteiger partial charge < -0.3 is 25.2 Å². The first-order valence-corrected chi connectivity index (χ1v) is 19.6. The van der Waals surface area contributed by atoms with Crippen molar-refractivity contribution < 1.29 is 13.2 Å². The minimum atomic E-state index is -3.79. The van der Waals surface area contributed by atoms with Crippen LogP contribution in [0.3, 0.4) is 0 Å². The van der Waals surface area contributed by atoms with Crippen molar-refractivity contribution >= 4 is 55.3 Å². The van der Waals surface area contributed by atoms with Gasteiger partial charge in [-0.2, -0.15) is 4.98 Å². The number of hydrogen-bond acceptors (Lipinski definition) is 10. The largest absolute Gasteiger partial charge is 0.494 e. The number of ether oxygens (including phenoxy) is 1.